The van der Waals surface area contributed by atoms with Gasteiger partial charge in [0.05, 0.1) is 6.54 Å². The van der Waals surface area contributed by atoms with Crippen LogP contribution in [0.3, 0.4) is 0 Å². The molecule has 2 amide bonds. The van der Waals surface area contributed by atoms with Gasteiger partial charge >= 0.3 is 0 Å². The summed E-state index contributed by atoms with van der Waals surface area (Å²) >= 11 is 0. The summed E-state index contributed by atoms with van der Waals surface area (Å²) in [7, 11) is 3.37. The number of nitrogens with zero attached hydrogens (tertiary/aromatic N) is 1. The third-order valence-corrected chi connectivity index (χ3v) is 3.96. The maximum Gasteiger partial charge on any atom is 0.259 e. The van der Waals surface area contributed by atoms with Gasteiger partial charge in [0.25, 0.3) is 5.91 Å². The Morgan fingerprint density at radius 2 is 1.81 bits per heavy atom. The Bertz CT molecular complexity index is 732. The van der Waals surface area contributed by atoms with Crippen LogP contribution in [-0.2, 0) is 16.0 Å². The van der Waals surface area contributed by atoms with Crippen LogP contribution in [-0.4, -0.2) is 50.5 Å². The highest BCUT2D eigenvalue weighted by atomic mass is 16.5. The zero-order valence-electron chi connectivity index (χ0n) is 15.9. The average molecular weight is 369 g/mol. The molecule has 0 heterocycles. The largest absolute Gasteiger partial charge is 0.484 e. The van der Waals surface area contributed by atoms with Gasteiger partial charge in [-0.2, -0.15) is 0 Å². The molecule has 0 aliphatic rings. The van der Waals surface area contributed by atoms with Crippen LogP contribution in [0.2, 0.25) is 0 Å². The molecule has 2 N–H and O–H groups in total. The van der Waals surface area contributed by atoms with Crippen molar-refractivity contribution < 1.29 is 14.3 Å². The van der Waals surface area contributed by atoms with E-state index in [0.29, 0.717) is 12.3 Å². The van der Waals surface area contributed by atoms with E-state index in [4.69, 9.17) is 4.74 Å². The van der Waals surface area contributed by atoms with E-state index in [-0.39, 0.29) is 25.0 Å². The highest BCUT2D eigenvalue weighted by Gasteiger charge is 2.06. The lowest BCUT2D eigenvalue weighted by Crippen LogP contribution is -2.30. The fourth-order valence-corrected chi connectivity index (χ4v) is 2.38. The molecule has 0 saturated heterocycles. The van der Waals surface area contributed by atoms with Crippen LogP contribution in [0.25, 0.3) is 0 Å². The van der Waals surface area contributed by atoms with E-state index in [0.717, 1.165) is 18.5 Å². The zero-order valence-corrected chi connectivity index (χ0v) is 15.9. The van der Waals surface area contributed by atoms with Crippen LogP contribution >= 0.6 is 0 Å². The molecule has 0 saturated carbocycles. The van der Waals surface area contributed by atoms with Gasteiger partial charge in [0.15, 0.2) is 6.61 Å². The van der Waals surface area contributed by atoms with Crippen molar-refractivity contribution in [3.63, 3.8) is 0 Å². The van der Waals surface area contributed by atoms with Gasteiger partial charge in [-0.1, -0.05) is 36.4 Å². The quantitative estimate of drug-likeness (QED) is 0.631. The number of likely N-dealkylation sites (N-methyl/N-ethyl adjacent to an activating group) is 1. The lowest BCUT2D eigenvalue weighted by atomic mass is 10.1. The lowest BCUT2D eigenvalue weighted by molar-refractivity contribution is -0.130. The number of amides is 2. The van der Waals surface area contributed by atoms with Crippen molar-refractivity contribution in [1.82, 2.24) is 10.2 Å². The molecule has 2 rings (SSSR count). The topological polar surface area (TPSA) is 70.7 Å². The third kappa shape index (κ3) is 7.81. The van der Waals surface area contributed by atoms with Crippen LogP contribution < -0.4 is 15.4 Å². The number of hydrogen-bond acceptors (Lipinski definition) is 4. The van der Waals surface area contributed by atoms with Crippen molar-refractivity contribution in [2.75, 3.05) is 39.1 Å². The highest BCUT2D eigenvalue weighted by molar-refractivity contribution is 5.80. The van der Waals surface area contributed by atoms with Crippen molar-refractivity contribution in [2.24, 2.45) is 0 Å². The average Bonchev–Trinajstić information content (AvgIpc) is 2.69. The summed E-state index contributed by atoms with van der Waals surface area (Å²) in [5, 5.41) is 5.97. The van der Waals surface area contributed by atoms with E-state index in [2.05, 4.69) is 22.8 Å². The molecule has 0 fully saturated rings. The second-order valence-corrected chi connectivity index (χ2v) is 6.40. The molecule has 6 heteroatoms. The molecule has 0 aliphatic heterocycles. The summed E-state index contributed by atoms with van der Waals surface area (Å²) in [6, 6.07) is 17.4. The minimum Gasteiger partial charge on any atom is -0.484 e. The monoisotopic (exact) mass is 369 g/mol. The fourth-order valence-electron chi connectivity index (χ4n) is 2.38. The molecule has 0 aliphatic carbocycles. The van der Waals surface area contributed by atoms with Gasteiger partial charge in [0.1, 0.15) is 5.75 Å². The molecular weight excluding hydrogens is 342 g/mol. The number of anilines is 1. The number of carbonyl (C=O) groups is 2. The van der Waals surface area contributed by atoms with Crippen LogP contribution in [0, 0.1) is 0 Å². The predicted octanol–water partition coefficient (Wildman–Crippen LogP) is 2.31. The van der Waals surface area contributed by atoms with Gasteiger partial charge in [-0.15, -0.1) is 0 Å². The standard InChI is InChI=1S/C21H27N3O3/c1-24(2)21(26)16-27-19-12-6-11-18(14-19)23-15-20(25)22-13-7-10-17-8-4-3-5-9-17/h3-6,8-9,11-12,14,23H,7,10,13,15-16H2,1-2H3,(H,22,25). The molecule has 27 heavy (non-hydrogen) atoms. The van der Waals surface area contributed by atoms with Crippen molar-refractivity contribution in [3.8, 4) is 5.75 Å². The highest BCUT2D eigenvalue weighted by Crippen LogP contribution is 2.17. The minimum absolute atomic E-state index is 0.0155. The molecular formula is C21H27N3O3. The van der Waals surface area contributed by atoms with Gasteiger partial charge in [0.2, 0.25) is 5.91 Å². The van der Waals surface area contributed by atoms with E-state index in [1.807, 2.05) is 30.3 Å². The Morgan fingerprint density at radius 1 is 1.04 bits per heavy atom. The molecule has 0 atom stereocenters. The van der Waals surface area contributed by atoms with Crippen LogP contribution in [0.1, 0.15) is 12.0 Å². The molecule has 144 valence electrons. The number of ether oxygens (including phenoxy) is 1. The van der Waals surface area contributed by atoms with E-state index in [1.54, 1.807) is 26.2 Å². The Morgan fingerprint density at radius 3 is 2.56 bits per heavy atom. The fraction of sp³-hybridized carbons (Fsp3) is 0.333. The van der Waals surface area contributed by atoms with Crippen molar-refractivity contribution in [1.29, 1.82) is 0 Å². The maximum absolute atomic E-state index is 11.9. The first-order valence-electron chi connectivity index (χ1n) is 9.02. The maximum atomic E-state index is 11.9. The SMILES string of the molecule is CN(C)C(=O)COc1cccc(NCC(=O)NCCCc2ccccc2)c1. The second kappa shape index (κ2) is 10.9. The van der Waals surface area contributed by atoms with Gasteiger partial charge in [-0.05, 0) is 30.5 Å². The van der Waals surface area contributed by atoms with E-state index >= 15 is 0 Å². The Balaban J connectivity index is 1.67. The number of rotatable bonds is 10. The first kappa shape index (κ1) is 20.3. The Hall–Kier alpha value is -3.02. The van der Waals surface area contributed by atoms with Crippen molar-refractivity contribution in [2.45, 2.75) is 12.8 Å². The van der Waals surface area contributed by atoms with E-state index < -0.39 is 0 Å². The van der Waals surface area contributed by atoms with Crippen LogP contribution in [0.4, 0.5) is 5.69 Å². The van der Waals surface area contributed by atoms with Crippen molar-refractivity contribution >= 4 is 17.5 Å². The van der Waals surface area contributed by atoms with E-state index in [9.17, 15) is 9.59 Å². The molecule has 6 nitrogen and oxygen atoms in total. The summed E-state index contributed by atoms with van der Waals surface area (Å²) < 4.78 is 5.47. The van der Waals surface area contributed by atoms with Gasteiger partial charge in [-0.3, -0.25) is 9.59 Å². The summed E-state index contributed by atoms with van der Waals surface area (Å²) in [6.07, 6.45) is 1.85. The molecule has 0 spiro atoms. The Labute approximate surface area is 160 Å². The summed E-state index contributed by atoms with van der Waals surface area (Å²) in [5.41, 5.74) is 2.04. The molecule has 0 bridgehead atoms. The molecule has 2 aromatic carbocycles. The van der Waals surface area contributed by atoms with Gasteiger partial charge in [0, 0.05) is 32.4 Å². The lowest BCUT2D eigenvalue weighted by Gasteiger charge is -2.12. The summed E-state index contributed by atoms with van der Waals surface area (Å²) in [6.45, 7) is 0.814. The normalized spacial score (nSPS) is 10.1. The van der Waals surface area contributed by atoms with Gasteiger partial charge in [-0.25, -0.2) is 0 Å². The second-order valence-electron chi connectivity index (χ2n) is 6.40. The first-order valence-corrected chi connectivity index (χ1v) is 9.02. The van der Waals surface area contributed by atoms with Gasteiger partial charge < -0.3 is 20.3 Å². The number of nitrogens with one attached hydrogen (secondary N) is 2. The molecule has 2 aromatic rings. The number of benzene rings is 2. The summed E-state index contributed by atoms with van der Waals surface area (Å²) in [4.78, 5) is 25.0. The predicted molar refractivity (Wildman–Crippen MR) is 107 cm³/mol. The molecule has 0 radical (unpaired) electrons. The molecule has 0 unspecified atom stereocenters. The van der Waals surface area contributed by atoms with Crippen LogP contribution in [0.15, 0.2) is 54.6 Å². The summed E-state index contributed by atoms with van der Waals surface area (Å²) in [5.74, 6) is 0.416. The first-order chi connectivity index (χ1) is 13.0. The molecule has 0 aromatic heterocycles. The Kier molecular flexibility index (Phi) is 8.16. The number of aryl methyl sites for hydroxylation is 1. The number of carbonyl (C=O) groups excluding carboxylic acids is 2. The smallest absolute Gasteiger partial charge is 0.259 e. The number of hydrogen-bond donors (Lipinski definition) is 2. The van der Waals surface area contributed by atoms with Crippen LogP contribution in [0.5, 0.6) is 5.75 Å². The van der Waals surface area contributed by atoms with E-state index in [1.165, 1.54) is 10.5 Å². The third-order valence-electron chi connectivity index (χ3n) is 3.96. The minimum atomic E-state index is -0.108. The van der Waals surface area contributed by atoms with Crippen molar-refractivity contribution in [3.05, 3.63) is 60.2 Å². The zero-order chi connectivity index (χ0) is 19.5.